The van der Waals surface area contributed by atoms with E-state index in [2.05, 4.69) is 12.2 Å². The van der Waals surface area contributed by atoms with Gasteiger partial charge in [0.15, 0.2) is 0 Å². The molecular weight excluding hydrogens is 280 g/mol. The average Bonchev–Trinajstić information content (AvgIpc) is 2.45. The number of piperidine rings is 1. The second-order valence-electron chi connectivity index (χ2n) is 4.84. The molecule has 1 aliphatic heterocycles. The summed E-state index contributed by atoms with van der Waals surface area (Å²) in [5.41, 5.74) is 0. The van der Waals surface area contributed by atoms with Crippen LogP contribution in [0.3, 0.4) is 0 Å². The highest BCUT2D eigenvalue weighted by molar-refractivity contribution is 8.00. The minimum atomic E-state index is -1.08. The predicted molar refractivity (Wildman–Crippen MR) is 77.6 cm³/mol. The number of hydrogen-bond donors (Lipinski definition) is 2. The normalized spacial score (nSPS) is 20.2. The van der Waals surface area contributed by atoms with Crippen LogP contribution in [-0.2, 0) is 14.4 Å². The Hall–Kier alpha value is -1.24. The Morgan fingerprint density at radius 3 is 2.85 bits per heavy atom. The van der Waals surface area contributed by atoms with E-state index in [9.17, 15) is 14.4 Å². The van der Waals surface area contributed by atoms with Crippen molar-refractivity contribution in [1.82, 2.24) is 10.2 Å². The number of thioether (sulfide) groups is 1. The van der Waals surface area contributed by atoms with Gasteiger partial charge in [0.2, 0.25) is 12.3 Å². The molecule has 2 atom stereocenters. The topological polar surface area (TPSA) is 86.7 Å². The fourth-order valence-corrected chi connectivity index (χ4v) is 3.31. The van der Waals surface area contributed by atoms with Crippen molar-refractivity contribution in [3.63, 3.8) is 0 Å². The molecule has 1 fully saturated rings. The van der Waals surface area contributed by atoms with Crippen molar-refractivity contribution in [1.29, 1.82) is 0 Å². The fourth-order valence-electron chi connectivity index (χ4n) is 2.37. The number of rotatable bonds is 8. The number of carbonyl (C=O) groups is 3. The highest BCUT2D eigenvalue weighted by Crippen LogP contribution is 2.20. The smallest absolute Gasteiger partial charge is 0.327 e. The van der Waals surface area contributed by atoms with Gasteiger partial charge < -0.3 is 15.3 Å². The van der Waals surface area contributed by atoms with E-state index in [0.29, 0.717) is 12.5 Å². The third kappa shape index (κ3) is 5.03. The highest BCUT2D eigenvalue weighted by Gasteiger charge is 2.25. The van der Waals surface area contributed by atoms with Gasteiger partial charge in [-0.25, -0.2) is 4.79 Å². The number of amides is 2. The number of likely N-dealkylation sites (tertiary alicyclic amines) is 1. The lowest BCUT2D eigenvalue weighted by Crippen LogP contribution is -2.44. The van der Waals surface area contributed by atoms with Gasteiger partial charge in [-0.3, -0.25) is 9.59 Å². The lowest BCUT2D eigenvalue weighted by molar-refractivity contribution is -0.140. The van der Waals surface area contributed by atoms with Crippen LogP contribution in [0.25, 0.3) is 0 Å². The molecule has 1 saturated heterocycles. The zero-order valence-corrected chi connectivity index (χ0v) is 12.5. The monoisotopic (exact) mass is 302 g/mol. The molecule has 114 valence electrons. The predicted octanol–water partition coefficient (Wildman–Crippen LogP) is 0.710. The molecule has 6 nitrogen and oxygen atoms in total. The molecule has 0 spiro atoms. The zero-order chi connectivity index (χ0) is 15.0. The molecule has 0 aliphatic carbocycles. The number of nitrogens with one attached hydrogen (secondary N) is 1. The third-order valence-electron chi connectivity index (χ3n) is 3.50. The van der Waals surface area contributed by atoms with E-state index in [1.54, 1.807) is 0 Å². The first-order chi connectivity index (χ1) is 9.60. The summed E-state index contributed by atoms with van der Waals surface area (Å²) in [5, 5.41) is 11.1. The SMILES string of the molecule is CCC1CCCCN1C(=O)CSCC(NC=O)C(=O)O. The van der Waals surface area contributed by atoms with Crippen LogP contribution in [-0.4, -0.2) is 58.4 Å². The zero-order valence-electron chi connectivity index (χ0n) is 11.7. The van der Waals surface area contributed by atoms with Crippen LogP contribution < -0.4 is 5.32 Å². The van der Waals surface area contributed by atoms with Crippen molar-refractivity contribution in [3.8, 4) is 0 Å². The molecular formula is C13H22N2O4S. The number of carbonyl (C=O) groups excluding carboxylic acids is 2. The molecule has 7 heteroatoms. The molecule has 0 aromatic rings. The van der Waals surface area contributed by atoms with Gasteiger partial charge in [0.25, 0.3) is 0 Å². The summed E-state index contributed by atoms with van der Waals surface area (Å²) in [5.74, 6) is -0.552. The van der Waals surface area contributed by atoms with Gasteiger partial charge >= 0.3 is 5.97 Å². The van der Waals surface area contributed by atoms with Gasteiger partial charge in [-0.2, -0.15) is 0 Å². The molecule has 20 heavy (non-hydrogen) atoms. The molecule has 1 heterocycles. The first kappa shape index (κ1) is 16.8. The molecule has 0 aromatic heterocycles. The minimum absolute atomic E-state index is 0.0665. The van der Waals surface area contributed by atoms with E-state index in [0.717, 1.165) is 25.8 Å². The summed E-state index contributed by atoms with van der Waals surface area (Å²) >= 11 is 1.25. The number of aliphatic carboxylic acids is 1. The van der Waals surface area contributed by atoms with Gasteiger partial charge in [0.1, 0.15) is 6.04 Å². The van der Waals surface area contributed by atoms with Gasteiger partial charge in [-0.15, -0.1) is 11.8 Å². The fraction of sp³-hybridized carbons (Fsp3) is 0.769. The van der Waals surface area contributed by atoms with Gasteiger partial charge in [-0.05, 0) is 25.7 Å². The van der Waals surface area contributed by atoms with E-state index >= 15 is 0 Å². The maximum atomic E-state index is 12.1. The van der Waals surface area contributed by atoms with Gasteiger partial charge in [-0.1, -0.05) is 6.92 Å². The van der Waals surface area contributed by atoms with Crippen LogP contribution in [0.5, 0.6) is 0 Å². The molecule has 1 aliphatic rings. The summed E-state index contributed by atoms with van der Waals surface area (Å²) in [7, 11) is 0. The Kier molecular flexibility index (Phi) is 7.43. The number of nitrogens with zero attached hydrogens (tertiary/aromatic N) is 1. The quantitative estimate of drug-likeness (QED) is 0.645. The Bertz CT molecular complexity index is 351. The second-order valence-corrected chi connectivity index (χ2v) is 5.87. The van der Waals surface area contributed by atoms with Crippen molar-refractivity contribution in [2.24, 2.45) is 0 Å². The number of hydrogen-bond acceptors (Lipinski definition) is 4. The van der Waals surface area contributed by atoms with Crippen LogP contribution in [0.15, 0.2) is 0 Å². The molecule has 0 radical (unpaired) electrons. The van der Waals surface area contributed by atoms with Crippen LogP contribution in [0.2, 0.25) is 0 Å². The standard InChI is InChI=1S/C13H22N2O4S/c1-2-10-5-3-4-6-15(10)12(17)8-20-7-11(13(18)19)14-9-16/h9-11H,2-8H2,1H3,(H,14,16)(H,18,19). The maximum absolute atomic E-state index is 12.1. The van der Waals surface area contributed by atoms with Crippen LogP contribution in [0, 0.1) is 0 Å². The van der Waals surface area contributed by atoms with Crippen LogP contribution in [0.4, 0.5) is 0 Å². The first-order valence-corrected chi connectivity index (χ1v) is 8.05. The number of carboxylic acids is 1. The second kappa shape index (κ2) is 8.84. The summed E-state index contributed by atoms with van der Waals surface area (Å²) < 4.78 is 0. The van der Waals surface area contributed by atoms with E-state index in [1.165, 1.54) is 18.2 Å². The Morgan fingerprint density at radius 1 is 1.50 bits per heavy atom. The molecule has 2 unspecified atom stereocenters. The molecule has 1 rings (SSSR count). The van der Waals surface area contributed by atoms with E-state index in [4.69, 9.17) is 5.11 Å². The molecule has 0 bridgehead atoms. The van der Waals surface area contributed by atoms with Crippen molar-refractivity contribution in [2.45, 2.75) is 44.7 Å². The van der Waals surface area contributed by atoms with E-state index in [1.807, 2.05) is 4.90 Å². The average molecular weight is 302 g/mol. The largest absolute Gasteiger partial charge is 0.480 e. The third-order valence-corrected chi connectivity index (χ3v) is 4.52. The maximum Gasteiger partial charge on any atom is 0.327 e. The Balaban J connectivity index is 2.38. The Labute approximate surface area is 123 Å². The highest BCUT2D eigenvalue weighted by atomic mass is 32.2. The van der Waals surface area contributed by atoms with Crippen LogP contribution in [0.1, 0.15) is 32.6 Å². The molecule has 0 aromatic carbocycles. The minimum Gasteiger partial charge on any atom is -0.480 e. The molecule has 2 amide bonds. The first-order valence-electron chi connectivity index (χ1n) is 6.89. The van der Waals surface area contributed by atoms with Crippen molar-refractivity contribution in [2.75, 3.05) is 18.1 Å². The molecule has 0 saturated carbocycles. The van der Waals surface area contributed by atoms with Gasteiger partial charge in [0, 0.05) is 18.3 Å². The van der Waals surface area contributed by atoms with Crippen molar-refractivity contribution >= 4 is 30.0 Å². The lowest BCUT2D eigenvalue weighted by Gasteiger charge is -2.35. The van der Waals surface area contributed by atoms with Gasteiger partial charge in [0.05, 0.1) is 5.75 Å². The molecule has 2 N–H and O–H groups in total. The summed E-state index contributed by atoms with van der Waals surface area (Å²) in [6.45, 7) is 2.88. The summed E-state index contributed by atoms with van der Waals surface area (Å²) in [6.07, 6.45) is 4.59. The van der Waals surface area contributed by atoms with E-state index < -0.39 is 12.0 Å². The number of carboxylic acid groups (broad SMARTS) is 1. The van der Waals surface area contributed by atoms with Crippen molar-refractivity contribution in [3.05, 3.63) is 0 Å². The Morgan fingerprint density at radius 2 is 2.25 bits per heavy atom. The van der Waals surface area contributed by atoms with E-state index in [-0.39, 0.29) is 17.4 Å². The lowest BCUT2D eigenvalue weighted by atomic mass is 10.0. The summed E-state index contributed by atoms with van der Waals surface area (Å²) in [4.78, 5) is 35.2. The van der Waals surface area contributed by atoms with Crippen molar-refractivity contribution < 1.29 is 19.5 Å². The summed E-state index contributed by atoms with van der Waals surface area (Å²) in [6, 6.07) is -0.617. The van der Waals surface area contributed by atoms with Crippen LogP contribution >= 0.6 is 11.8 Å².